The summed E-state index contributed by atoms with van der Waals surface area (Å²) in [7, 11) is 0. The Hall–Kier alpha value is -1.88. The van der Waals surface area contributed by atoms with Crippen LogP contribution in [0.15, 0.2) is 42.7 Å². The molecule has 2 heterocycles. The number of aromatic nitrogens is 2. The fraction of sp³-hybridized carbons (Fsp3) is 0.438. The first-order valence-corrected chi connectivity index (χ1v) is 7.27. The van der Waals surface area contributed by atoms with Gasteiger partial charge in [0.2, 0.25) is 0 Å². The van der Waals surface area contributed by atoms with Crippen molar-refractivity contribution in [3.63, 3.8) is 0 Å². The number of rotatable bonds is 5. The molecule has 3 rings (SSSR count). The lowest BCUT2D eigenvalue weighted by Crippen LogP contribution is -2.32. The van der Waals surface area contributed by atoms with Crippen LogP contribution in [0.3, 0.4) is 0 Å². The van der Waals surface area contributed by atoms with Gasteiger partial charge >= 0.3 is 0 Å². The van der Waals surface area contributed by atoms with Crippen molar-refractivity contribution in [3.05, 3.63) is 48.5 Å². The molecule has 0 aliphatic carbocycles. The third-order valence-electron chi connectivity index (χ3n) is 3.71. The Bertz CT molecular complexity index is 534. The van der Waals surface area contributed by atoms with Gasteiger partial charge in [0, 0.05) is 18.3 Å². The molecule has 1 saturated heterocycles. The van der Waals surface area contributed by atoms with E-state index in [1.807, 2.05) is 16.9 Å². The fourth-order valence-corrected chi connectivity index (χ4v) is 2.50. The van der Waals surface area contributed by atoms with E-state index in [0.29, 0.717) is 24.9 Å². The molecule has 0 spiro atoms. The second-order valence-electron chi connectivity index (χ2n) is 5.39. The Morgan fingerprint density at radius 2 is 2.14 bits per heavy atom. The lowest BCUT2D eigenvalue weighted by atomic mass is 9.99. The van der Waals surface area contributed by atoms with Crippen molar-refractivity contribution in [2.45, 2.75) is 25.5 Å². The molecule has 0 bridgehead atoms. The largest absolute Gasteiger partial charge is 0.493 e. The van der Waals surface area contributed by atoms with Crippen LogP contribution in [0.5, 0.6) is 5.75 Å². The minimum Gasteiger partial charge on any atom is -0.493 e. The third-order valence-corrected chi connectivity index (χ3v) is 3.71. The fourth-order valence-electron chi connectivity index (χ4n) is 2.50. The number of halogens is 1. The van der Waals surface area contributed by atoms with Crippen LogP contribution in [0.25, 0.3) is 0 Å². The highest BCUT2D eigenvalue weighted by Gasteiger charge is 2.22. The quantitative estimate of drug-likeness (QED) is 0.849. The van der Waals surface area contributed by atoms with Gasteiger partial charge in [0.15, 0.2) is 0 Å². The summed E-state index contributed by atoms with van der Waals surface area (Å²) in [5.74, 6) is 0.851. The van der Waals surface area contributed by atoms with Crippen molar-refractivity contribution in [1.29, 1.82) is 0 Å². The van der Waals surface area contributed by atoms with E-state index >= 15 is 0 Å². The summed E-state index contributed by atoms with van der Waals surface area (Å²) < 4.78 is 26.2. The van der Waals surface area contributed by atoms with Gasteiger partial charge in [0.1, 0.15) is 11.6 Å². The lowest BCUT2D eigenvalue weighted by Gasteiger charge is -2.29. The average Bonchev–Trinajstić information content (AvgIpc) is 3.01. The molecule has 1 fully saturated rings. The van der Waals surface area contributed by atoms with Crippen LogP contribution in [0.4, 0.5) is 4.39 Å². The van der Waals surface area contributed by atoms with E-state index < -0.39 is 0 Å². The highest BCUT2D eigenvalue weighted by molar-refractivity contribution is 5.22. The van der Waals surface area contributed by atoms with Crippen molar-refractivity contribution in [2.75, 3.05) is 13.2 Å². The smallest absolute Gasteiger partial charge is 0.123 e. The van der Waals surface area contributed by atoms with Crippen LogP contribution in [0.2, 0.25) is 0 Å². The van der Waals surface area contributed by atoms with Gasteiger partial charge in [0.25, 0.3) is 0 Å². The summed E-state index contributed by atoms with van der Waals surface area (Å²) in [5.41, 5.74) is 0. The van der Waals surface area contributed by atoms with Crippen LogP contribution in [0.1, 0.15) is 12.8 Å². The summed E-state index contributed by atoms with van der Waals surface area (Å²) in [6.45, 7) is 2.12. The van der Waals surface area contributed by atoms with Crippen LogP contribution < -0.4 is 4.74 Å². The molecule has 1 aliphatic rings. The molecule has 0 radical (unpaired) electrons. The van der Waals surface area contributed by atoms with E-state index in [2.05, 4.69) is 5.10 Å². The van der Waals surface area contributed by atoms with Crippen molar-refractivity contribution in [3.8, 4) is 5.75 Å². The zero-order chi connectivity index (χ0) is 14.5. The summed E-state index contributed by atoms with van der Waals surface area (Å²) in [6.07, 6.45) is 6.05. The summed E-state index contributed by atoms with van der Waals surface area (Å²) >= 11 is 0. The summed E-state index contributed by atoms with van der Waals surface area (Å²) in [6, 6.07) is 8.04. The maximum atomic E-state index is 12.8. The molecule has 1 aliphatic heterocycles. The van der Waals surface area contributed by atoms with Crippen molar-refractivity contribution >= 4 is 0 Å². The standard InChI is InChI=1S/C16H19FN2O2/c17-14-3-6-15(7-4-14)20-11-13-2-5-16(21-12-13)10-19-9-1-8-18-19/h1,3-4,6-9,13,16H,2,5,10-12H2/t13-,16+/m0/s1. The van der Waals surface area contributed by atoms with Gasteiger partial charge in [-0.3, -0.25) is 4.68 Å². The monoisotopic (exact) mass is 290 g/mol. The first kappa shape index (κ1) is 14.1. The molecule has 0 amide bonds. The van der Waals surface area contributed by atoms with Crippen molar-refractivity contribution in [1.82, 2.24) is 9.78 Å². The Kier molecular flexibility index (Phi) is 4.50. The molecule has 2 atom stereocenters. The molecule has 0 saturated carbocycles. The topological polar surface area (TPSA) is 36.3 Å². The van der Waals surface area contributed by atoms with Crippen molar-refractivity contribution in [2.24, 2.45) is 5.92 Å². The van der Waals surface area contributed by atoms with Gasteiger partial charge in [-0.15, -0.1) is 0 Å². The van der Waals surface area contributed by atoms with E-state index in [-0.39, 0.29) is 11.9 Å². The molecule has 2 aromatic rings. The third kappa shape index (κ3) is 4.04. The minimum atomic E-state index is -0.246. The predicted octanol–water partition coefficient (Wildman–Crippen LogP) is 2.90. The zero-order valence-electron chi connectivity index (χ0n) is 11.8. The average molecular weight is 290 g/mol. The zero-order valence-corrected chi connectivity index (χ0v) is 11.8. The predicted molar refractivity (Wildman–Crippen MR) is 76.6 cm³/mol. The Morgan fingerprint density at radius 3 is 2.81 bits per heavy atom. The molecule has 5 heteroatoms. The Labute approximate surface area is 123 Å². The second kappa shape index (κ2) is 6.72. The number of ether oxygens (including phenoxy) is 2. The van der Waals surface area contributed by atoms with Crippen LogP contribution in [-0.4, -0.2) is 29.1 Å². The Balaban J connectivity index is 1.40. The molecule has 21 heavy (non-hydrogen) atoms. The second-order valence-corrected chi connectivity index (χ2v) is 5.39. The lowest BCUT2D eigenvalue weighted by molar-refractivity contribution is -0.0358. The molecule has 0 N–H and O–H groups in total. The van der Waals surface area contributed by atoms with Gasteiger partial charge in [0.05, 0.1) is 25.9 Å². The molecule has 1 aromatic heterocycles. The first-order chi connectivity index (χ1) is 10.3. The number of hydrogen-bond acceptors (Lipinski definition) is 3. The molecule has 112 valence electrons. The van der Waals surface area contributed by atoms with E-state index in [9.17, 15) is 4.39 Å². The van der Waals surface area contributed by atoms with E-state index in [1.54, 1.807) is 18.3 Å². The number of benzene rings is 1. The highest BCUT2D eigenvalue weighted by atomic mass is 19.1. The van der Waals surface area contributed by atoms with E-state index in [0.717, 1.165) is 19.4 Å². The van der Waals surface area contributed by atoms with Gasteiger partial charge in [-0.05, 0) is 43.2 Å². The van der Waals surface area contributed by atoms with Crippen LogP contribution >= 0.6 is 0 Å². The maximum absolute atomic E-state index is 12.8. The van der Waals surface area contributed by atoms with Gasteiger partial charge in [-0.1, -0.05) is 0 Å². The maximum Gasteiger partial charge on any atom is 0.123 e. The molecular weight excluding hydrogens is 271 g/mol. The molecule has 0 unspecified atom stereocenters. The van der Waals surface area contributed by atoms with Crippen LogP contribution in [-0.2, 0) is 11.3 Å². The molecular formula is C16H19FN2O2. The van der Waals surface area contributed by atoms with E-state index in [1.165, 1.54) is 12.1 Å². The number of hydrogen-bond donors (Lipinski definition) is 0. The number of nitrogens with zero attached hydrogens (tertiary/aromatic N) is 2. The van der Waals surface area contributed by atoms with Gasteiger partial charge in [-0.2, -0.15) is 5.10 Å². The van der Waals surface area contributed by atoms with Gasteiger partial charge < -0.3 is 9.47 Å². The normalized spacial score (nSPS) is 22.1. The Morgan fingerprint density at radius 1 is 1.29 bits per heavy atom. The molecule has 4 nitrogen and oxygen atoms in total. The van der Waals surface area contributed by atoms with E-state index in [4.69, 9.17) is 9.47 Å². The minimum absolute atomic E-state index is 0.229. The van der Waals surface area contributed by atoms with Crippen LogP contribution in [0, 0.1) is 11.7 Å². The summed E-state index contributed by atoms with van der Waals surface area (Å²) in [4.78, 5) is 0. The SMILES string of the molecule is Fc1ccc(OC[C@@H]2CC[C@H](Cn3cccn3)OC2)cc1. The van der Waals surface area contributed by atoms with Crippen molar-refractivity contribution < 1.29 is 13.9 Å². The first-order valence-electron chi connectivity index (χ1n) is 7.27. The van der Waals surface area contributed by atoms with Gasteiger partial charge in [-0.25, -0.2) is 4.39 Å². The summed E-state index contributed by atoms with van der Waals surface area (Å²) in [5, 5.41) is 4.19. The molecule has 1 aromatic carbocycles. The highest BCUT2D eigenvalue weighted by Crippen LogP contribution is 2.21.